The third-order valence-corrected chi connectivity index (χ3v) is 2.53. The molecule has 0 bridgehead atoms. The molecule has 0 saturated carbocycles. The highest BCUT2D eigenvalue weighted by Gasteiger charge is 2.10. The Morgan fingerprint density at radius 3 is 2.62 bits per heavy atom. The molecule has 0 amide bonds. The molecule has 0 aliphatic heterocycles. The highest BCUT2D eigenvalue weighted by atomic mass is 32.2. The lowest BCUT2D eigenvalue weighted by molar-refractivity contribution is 0.572. The van der Waals surface area contributed by atoms with Crippen LogP contribution in [0, 0.1) is 0 Å². The van der Waals surface area contributed by atoms with E-state index in [1.54, 1.807) is 12.5 Å². The molecule has 5 heteroatoms. The standard InChI is InChI=1S/C8H14N2O2S/c1-7(2)10-6-9-4-8(10)5-13(3,11)12/h4,6-7H,5H2,1-3H3. The lowest BCUT2D eigenvalue weighted by Gasteiger charge is -2.10. The van der Waals surface area contributed by atoms with Crippen LogP contribution in [0.1, 0.15) is 25.6 Å². The molecule has 0 N–H and O–H groups in total. The van der Waals surface area contributed by atoms with Gasteiger partial charge >= 0.3 is 0 Å². The van der Waals surface area contributed by atoms with E-state index in [1.807, 2.05) is 18.4 Å². The molecular weight excluding hydrogens is 188 g/mol. The molecule has 4 nitrogen and oxygen atoms in total. The summed E-state index contributed by atoms with van der Waals surface area (Å²) < 4.78 is 23.9. The molecule has 1 aromatic heterocycles. The predicted octanol–water partition coefficient (Wildman–Crippen LogP) is 1.01. The molecule has 0 unspecified atom stereocenters. The first-order chi connectivity index (χ1) is 5.90. The summed E-state index contributed by atoms with van der Waals surface area (Å²) in [4.78, 5) is 3.93. The second-order valence-electron chi connectivity index (χ2n) is 3.46. The van der Waals surface area contributed by atoms with Crippen LogP contribution in [-0.4, -0.2) is 24.2 Å². The number of imidazole rings is 1. The molecule has 13 heavy (non-hydrogen) atoms. The molecule has 0 fully saturated rings. The molecule has 0 aliphatic carbocycles. The zero-order valence-electron chi connectivity index (χ0n) is 8.06. The van der Waals surface area contributed by atoms with Crippen molar-refractivity contribution in [1.82, 2.24) is 9.55 Å². The van der Waals surface area contributed by atoms with Gasteiger partial charge in [0.2, 0.25) is 0 Å². The minimum Gasteiger partial charge on any atom is -0.331 e. The molecule has 0 spiro atoms. The van der Waals surface area contributed by atoms with Crippen LogP contribution in [0.5, 0.6) is 0 Å². The van der Waals surface area contributed by atoms with Crippen LogP contribution in [0.25, 0.3) is 0 Å². The van der Waals surface area contributed by atoms with Crippen molar-refractivity contribution in [1.29, 1.82) is 0 Å². The Balaban J connectivity index is 2.96. The van der Waals surface area contributed by atoms with Crippen LogP contribution in [0.3, 0.4) is 0 Å². The first-order valence-corrected chi connectivity index (χ1v) is 6.14. The number of rotatable bonds is 3. The van der Waals surface area contributed by atoms with Gasteiger partial charge in [-0.3, -0.25) is 0 Å². The Labute approximate surface area is 78.5 Å². The molecule has 0 aliphatic rings. The van der Waals surface area contributed by atoms with Crippen LogP contribution in [0.2, 0.25) is 0 Å². The third kappa shape index (κ3) is 2.84. The maximum atomic E-state index is 11.0. The van der Waals surface area contributed by atoms with Crippen molar-refractivity contribution >= 4 is 9.84 Å². The van der Waals surface area contributed by atoms with Gasteiger partial charge in [-0.2, -0.15) is 0 Å². The Kier molecular flexibility index (Phi) is 2.75. The van der Waals surface area contributed by atoms with E-state index in [4.69, 9.17) is 0 Å². The second-order valence-corrected chi connectivity index (χ2v) is 5.60. The molecular formula is C8H14N2O2S. The molecule has 0 radical (unpaired) electrons. The molecule has 1 heterocycles. The average Bonchev–Trinajstić information content (AvgIpc) is 2.31. The summed E-state index contributed by atoms with van der Waals surface area (Å²) in [5.41, 5.74) is 0.748. The topological polar surface area (TPSA) is 52.0 Å². The van der Waals surface area contributed by atoms with E-state index < -0.39 is 9.84 Å². The van der Waals surface area contributed by atoms with Crippen molar-refractivity contribution in [2.75, 3.05) is 6.26 Å². The van der Waals surface area contributed by atoms with Gasteiger partial charge in [0.25, 0.3) is 0 Å². The van der Waals surface area contributed by atoms with Crippen LogP contribution in [0.15, 0.2) is 12.5 Å². The van der Waals surface area contributed by atoms with E-state index in [1.165, 1.54) is 6.26 Å². The van der Waals surface area contributed by atoms with Crippen molar-refractivity contribution < 1.29 is 8.42 Å². The first kappa shape index (κ1) is 10.2. The van der Waals surface area contributed by atoms with Crippen molar-refractivity contribution in [2.45, 2.75) is 25.6 Å². The summed E-state index contributed by atoms with van der Waals surface area (Å²) >= 11 is 0. The minimum atomic E-state index is -2.96. The minimum absolute atomic E-state index is 0.0607. The SMILES string of the molecule is CC(C)n1cncc1CS(C)(=O)=O. The zero-order valence-corrected chi connectivity index (χ0v) is 8.87. The Hall–Kier alpha value is -0.840. The summed E-state index contributed by atoms with van der Waals surface area (Å²) in [6.45, 7) is 3.99. The highest BCUT2D eigenvalue weighted by Crippen LogP contribution is 2.11. The summed E-state index contributed by atoms with van der Waals surface area (Å²) in [5.74, 6) is 0.0607. The molecule has 1 rings (SSSR count). The quantitative estimate of drug-likeness (QED) is 0.735. The molecule has 1 aromatic rings. The largest absolute Gasteiger partial charge is 0.331 e. The number of hydrogen-bond donors (Lipinski definition) is 0. The van der Waals surface area contributed by atoms with Crippen molar-refractivity contribution in [3.8, 4) is 0 Å². The van der Waals surface area contributed by atoms with E-state index in [-0.39, 0.29) is 11.8 Å². The highest BCUT2D eigenvalue weighted by molar-refractivity contribution is 7.89. The van der Waals surface area contributed by atoms with E-state index >= 15 is 0 Å². The van der Waals surface area contributed by atoms with Gasteiger partial charge in [-0.1, -0.05) is 0 Å². The van der Waals surface area contributed by atoms with Gasteiger partial charge in [0, 0.05) is 18.5 Å². The summed E-state index contributed by atoms with van der Waals surface area (Å²) in [7, 11) is -2.96. The van der Waals surface area contributed by atoms with Gasteiger partial charge in [-0.05, 0) is 13.8 Å². The summed E-state index contributed by atoms with van der Waals surface area (Å²) in [5, 5.41) is 0. The van der Waals surface area contributed by atoms with Gasteiger partial charge in [-0.25, -0.2) is 13.4 Å². The van der Waals surface area contributed by atoms with Gasteiger partial charge < -0.3 is 4.57 Å². The van der Waals surface area contributed by atoms with E-state index in [0.717, 1.165) is 5.69 Å². The Bertz CT molecular complexity index is 379. The first-order valence-electron chi connectivity index (χ1n) is 4.08. The van der Waals surface area contributed by atoms with Crippen LogP contribution < -0.4 is 0 Å². The van der Waals surface area contributed by atoms with Crippen molar-refractivity contribution in [3.63, 3.8) is 0 Å². The van der Waals surface area contributed by atoms with Crippen LogP contribution >= 0.6 is 0 Å². The lowest BCUT2D eigenvalue weighted by Crippen LogP contribution is -2.09. The molecule has 0 atom stereocenters. The fourth-order valence-corrected chi connectivity index (χ4v) is 1.94. The molecule has 0 saturated heterocycles. The third-order valence-electron chi connectivity index (χ3n) is 1.71. The van der Waals surface area contributed by atoms with Crippen LogP contribution in [-0.2, 0) is 15.6 Å². The normalized spacial score (nSPS) is 12.3. The molecule has 0 aromatic carbocycles. The fourth-order valence-electron chi connectivity index (χ4n) is 1.18. The average molecular weight is 202 g/mol. The van der Waals surface area contributed by atoms with E-state index in [9.17, 15) is 8.42 Å². The summed E-state index contributed by atoms with van der Waals surface area (Å²) in [6, 6.07) is 0.249. The molecule has 74 valence electrons. The van der Waals surface area contributed by atoms with Crippen molar-refractivity contribution in [3.05, 3.63) is 18.2 Å². The monoisotopic (exact) mass is 202 g/mol. The second kappa shape index (κ2) is 3.49. The van der Waals surface area contributed by atoms with E-state index in [0.29, 0.717) is 0 Å². The maximum Gasteiger partial charge on any atom is 0.153 e. The maximum absolute atomic E-state index is 11.0. The number of hydrogen-bond acceptors (Lipinski definition) is 3. The Morgan fingerprint density at radius 1 is 1.54 bits per heavy atom. The van der Waals surface area contributed by atoms with Crippen molar-refractivity contribution in [2.24, 2.45) is 0 Å². The van der Waals surface area contributed by atoms with Crippen LogP contribution in [0.4, 0.5) is 0 Å². The number of sulfone groups is 1. The zero-order chi connectivity index (χ0) is 10.1. The predicted molar refractivity (Wildman–Crippen MR) is 51.2 cm³/mol. The number of aromatic nitrogens is 2. The summed E-state index contributed by atoms with van der Waals surface area (Å²) in [6.07, 6.45) is 4.48. The fraction of sp³-hybridized carbons (Fsp3) is 0.625. The smallest absolute Gasteiger partial charge is 0.153 e. The van der Waals surface area contributed by atoms with Gasteiger partial charge in [0.15, 0.2) is 9.84 Å². The van der Waals surface area contributed by atoms with Gasteiger partial charge in [-0.15, -0.1) is 0 Å². The Morgan fingerprint density at radius 2 is 2.15 bits per heavy atom. The lowest BCUT2D eigenvalue weighted by atomic mass is 10.4. The number of nitrogens with zero attached hydrogens (tertiary/aromatic N) is 2. The van der Waals surface area contributed by atoms with Gasteiger partial charge in [0.05, 0.1) is 17.8 Å². The van der Waals surface area contributed by atoms with E-state index in [2.05, 4.69) is 4.98 Å². The van der Waals surface area contributed by atoms with Gasteiger partial charge in [0.1, 0.15) is 0 Å².